The van der Waals surface area contributed by atoms with E-state index in [9.17, 15) is 0 Å². The van der Waals surface area contributed by atoms with Crippen molar-refractivity contribution in [3.63, 3.8) is 0 Å². The Bertz CT molecular complexity index is 579. The molecular weight excluding hydrogens is 355 g/mol. The van der Waals surface area contributed by atoms with Crippen LogP contribution in [0, 0.1) is 6.42 Å². The molecule has 0 spiro atoms. The molecule has 2 aromatic carbocycles. The van der Waals surface area contributed by atoms with Gasteiger partial charge in [-0.05, 0) is 29.2 Å². The molecule has 0 amide bonds. The van der Waals surface area contributed by atoms with E-state index >= 15 is 0 Å². The zero-order chi connectivity index (χ0) is 13.7. The Labute approximate surface area is 133 Å². The average molecular weight is 369 g/mol. The second kappa shape index (κ2) is 7.45. The van der Waals surface area contributed by atoms with Gasteiger partial charge in [0.25, 0.3) is 0 Å². The number of hydrogen-bond donors (Lipinski definition) is 0. The summed E-state index contributed by atoms with van der Waals surface area (Å²) in [5, 5.41) is 0. The molecule has 0 bridgehead atoms. The molecule has 0 unspecified atom stereocenters. The van der Waals surface area contributed by atoms with Crippen LogP contribution in [0.1, 0.15) is 18.1 Å². The van der Waals surface area contributed by atoms with Crippen LogP contribution in [0.2, 0.25) is 0 Å². The Hall–Kier alpha value is -0.336. The van der Waals surface area contributed by atoms with Crippen molar-refractivity contribution in [1.29, 1.82) is 0 Å². The first-order chi connectivity index (χ1) is 9.26. The second-order valence-electron chi connectivity index (χ2n) is 4.28. The van der Waals surface area contributed by atoms with Gasteiger partial charge in [-0.25, -0.2) is 0 Å². The summed E-state index contributed by atoms with van der Waals surface area (Å²) in [6.45, 7) is 2.15. The molecule has 1 aliphatic rings. The molecule has 1 radical (unpaired) electrons. The molecule has 95 valence electrons. The third-order valence-corrected chi connectivity index (χ3v) is 2.98. The Morgan fingerprint density at radius 3 is 2.37 bits per heavy atom. The molecule has 0 fully saturated rings. The van der Waals surface area contributed by atoms with Crippen molar-refractivity contribution < 1.29 is 16.0 Å². The summed E-state index contributed by atoms with van der Waals surface area (Å²) in [5.41, 5.74) is 6.63. The maximum atomic E-state index is 5.04. The van der Waals surface area contributed by atoms with E-state index in [0.29, 0.717) is 0 Å². The number of fused-ring (bicyclic) bond motifs is 1. The molecule has 0 saturated heterocycles. The van der Waals surface area contributed by atoms with Crippen molar-refractivity contribution >= 4 is 28.5 Å². The van der Waals surface area contributed by atoms with Crippen molar-refractivity contribution in [1.82, 2.24) is 0 Å². The predicted molar refractivity (Wildman–Crippen MR) is 83.7 cm³/mol. The molecule has 0 aliphatic heterocycles. The van der Waals surface area contributed by atoms with Crippen LogP contribution in [0.5, 0.6) is 0 Å². The molecule has 0 heterocycles. The van der Waals surface area contributed by atoms with Gasteiger partial charge in [-0.15, -0.1) is 0 Å². The molecular formula is C16H13BrClTi. The van der Waals surface area contributed by atoms with Gasteiger partial charge in [0, 0.05) is 6.42 Å². The van der Waals surface area contributed by atoms with Gasteiger partial charge in [0.05, 0.1) is 0 Å². The van der Waals surface area contributed by atoms with E-state index in [1.54, 1.807) is 0 Å². The Morgan fingerprint density at radius 1 is 1.00 bits per heavy atom. The minimum atomic E-state index is -0.215. The van der Waals surface area contributed by atoms with E-state index in [-0.39, 0.29) is 16.0 Å². The van der Waals surface area contributed by atoms with Crippen LogP contribution in [0.15, 0.2) is 54.1 Å². The molecule has 1 aliphatic carbocycles. The molecule has 0 N–H and O–H groups in total. The molecule has 3 rings (SSSR count). The molecule has 0 atom stereocenters. The number of hydrogen-bond acceptors (Lipinski definition) is 0. The number of allylic oxidation sites excluding steroid dienone is 1. The van der Waals surface area contributed by atoms with E-state index < -0.39 is 0 Å². The molecule has 0 aromatic heterocycles. The van der Waals surface area contributed by atoms with Crippen molar-refractivity contribution in [3.8, 4) is 11.1 Å². The standard InChI is InChI=1S/C16H13.BrH.ClH.Ti/c1-12-10-14-8-5-9-15(16(14)11-12)13-6-3-2-4-7-13;;;/h2-11H,1H3;2*1H;/q;;;+2/p-2. The van der Waals surface area contributed by atoms with Crippen LogP contribution >= 0.6 is 22.5 Å². The molecule has 0 nitrogen and oxygen atoms in total. The fourth-order valence-electron chi connectivity index (χ4n) is 2.25. The zero-order valence-electron chi connectivity index (χ0n) is 10.5. The summed E-state index contributed by atoms with van der Waals surface area (Å²) < 4.78 is 0. The topological polar surface area (TPSA) is 0 Å². The van der Waals surface area contributed by atoms with Gasteiger partial charge < -0.3 is 0 Å². The van der Waals surface area contributed by atoms with Gasteiger partial charge in [0.2, 0.25) is 0 Å². The van der Waals surface area contributed by atoms with Gasteiger partial charge in [-0.3, -0.25) is 0 Å². The van der Waals surface area contributed by atoms with Crippen LogP contribution in [0.4, 0.5) is 0 Å². The van der Waals surface area contributed by atoms with E-state index in [4.69, 9.17) is 9.30 Å². The van der Waals surface area contributed by atoms with Crippen LogP contribution in [0.3, 0.4) is 0 Å². The number of halogens is 2. The van der Waals surface area contributed by atoms with Gasteiger partial charge >= 0.3 is 38.5 Å². The normalized spacial score (nSPS) is 12.1. The Balaban J connectivity index is 0.000000408. The summed E-state index contributed by atoms with van der Waals surface area (Å²) in [6.07, 6.45) is 4.50. The molecule has 19 heavy (non-hydrogen) atoms. The predicted octanol–water partition coefficient (Wildman–Crippen LogP) is 5.86. The van der Waals surface area contributed by atoms with Crippen molar-refractivity contribution in [2.75, 3.05) is 0 Å². The van der Waals surface area contributed by atoms with E-state index in [0.717, 1.165) is 0 Å². The first-order valence-electron chi connectivity index (χ1n) is 5.94. The zero-order valence-corrected chi connectivity index (χ0v) is 14.4. The van der Waals surface area contributed by atoms with Crippen LogP contribution in [-0.2, 0) is 16.0 Å². The first kappa shape index (κ1) is 15.1. The average Bonchev–Trinajstić information content (AvgIpc) is 2.80. The Kier molecular flexibility index (Phi) is 5.90. The quantitative estimate of drug-likeness (QED) is 0.554. The summed E-state index contributed by atoms with van der Waals surface area (Å²) in [5.74, 6) is 0. The maximum absolute atomic E-state index is 5.04. The third kappa shape index (κ3) is 3.82. The second-order valence-corrected chi connectivity index (χ2v) is 8.80. The van der Waals surface area contributed by atoms with E-state index in [1.165, 1.54) is 27.8 Å². The molecule has 0 saturated carbocycles. The summed E-state index contributed by atoms with van der Waals surface area (Å²) in [4.78, 5) is 0. The Morgan fingerprint density at radius 2 is 1.68 bits per heavy atom. The van der Waals surface area contributed by atoms with Gasteiger partial charge in [0.15, 0.2) is 0 Å². The summed E-state index contributed by atoms with van der Waals surface area (Å²) >= 11 is 2.82. The molecule has 3 heteroatoms. The van der Waals surface area contributed by atoms with Gasteiger partial charge in [0.1, 0.15) is 0 Å². The van der Waals surface area contributed by atoms with Crippen molar-refractivity contribution in [2.24, 2.45) is 0 Å². The minimum absolute atomic E-state index is 0.215. The van der Waals surface area contributed by atoms with Gasteiger partial charge in [-0.1, -0.05) is 60.2 Å². The summed E-state index contributed by atoms with van der Waals surface area (Å²) in [6, 6.07) is 17.1. The summed E-state index contributed by atoms with van der Waals surface area (Å²) in [7, 11) is 5.04. The van der Waals surface area contributed by atoms with Crippen LogP contribution in [-0.4, -0.2) is 0 Å². The van der Waals surface area contributed by atoms with Crippen molar-refractivity contribution in [3.05, 3.63) is 71.7 Å². The van der Waals surface area contributed by atoms with Crippen LogP contribution in [0.25, 0.3) is 17.2 Å². The fraction of sp³-hybridized carbons (Fsp3) is 0.0625. The number of rotatable bonds is 1. The fourth-order valence-corrected chi connectivity index (χ4v) is 2.25. The third-order valence-electron chi connectivity index (χ3n) is 2.98. The van der Waals surface area contributed by atoms with E-state index in [2.05, 4.69) is 81.1 Å². The SMILES string of the molecule is CC1=Cc2c(cccc2-c2ccccc2)[CH]1.[Cl][Ti][Br]. The van der Waals surface area contributed by atoms with Crippen molar-refractivity contribution in [2.45, 2.75) is 6.92 Å². The van der Waals surface area contributed by atoms with E-state index in [1.807, 2.05) is 0 Å². The van der Waals surface area contributed by atoms with Gasteiger partial charge in [-0.2, -0.15) is 0 Å². The first-order valence-corrected chi connectivity index (χ1v) is 11.9. The number of benzene rings is 2. The van der Waals surface area contributed by atoms with Crippen LogP contribution < -0.4 is 0 Å². The monoisotopic (exact) mass is 367 g/mol. The molecule has 2 aromatic rings.